The first kappa shape index (κ1) is 23.0. The number of amides is 2. The van der Waals surface area contributed by atoms with Gasteiger partial charge in [0, 0.05) is 55.6 Å². The van der Waals surface area contributed by atoms with Crippen molar-refractivity contribution in [1.82, 2.24) is 20.2 Å². The van der Waals surface area contributed by atoms with Crippen LogP contribution in [0.1, 0.15) is 31.5 Å². The van der Waals surface area contributed by atoms with Gasteiger partial charge in [-0.05, 0) is 51.0 Å². The van der Waals surface area contributed by atoms with Gasteiger partial charge < -0.3 is 25.0 Å². The van der Waals surface area contributed by atoms with E-state index in [-0.39, 0.29) is 12.1 Å². The van der Waals surface area contributed by atoms with Crippen LogP contribution in [0.5, 0.6) is 0 Å². The summed E-state index contributed by atoms with van der Waals surface area (Å²) in [6, 6.07) is 8.27. The van der Waals surface area contributed by atoms with Crippen LogP contribution in [0, 0.1) is 0 Å². The number of carbonyl (C=O) groups excluding carboxylic acids is 1. The number of hydrogen-bond acceptors (Lipinski definition) is 7. The Bertz CT molecular complexity index is 1010. The molecule has 0 radical (unpaired) electrons. The van der Waals surface area contributed by atoms with Crippen molar-refractivity contribution in [2.75, 3.05) is 56.3 Å². The third-order valence-corrected chi connectivity index (χ3v) is 6.87. The minimum Gasteiger partial charge on any atom is -0.380 e. The number of fused-ring (bicyclic) bond motifs is 1. The summed E-state index contributed by atoms with van der Waals surface area (Å²) in [5, 5.41) is 5.59. The molecule has 4 heterocycles. The average Bonchev–Trinajstić information content (AvgIpc) is 3.39. The molecule has 9 nitrogen and oxygen atoms in total. The van der Waals surface area contributed by atoms with Crippen LogP contribution in [0.15, 0.2) is 24.3 Å². The number of urea groups is 1. The Hall–Kier alpha value is -2.75. The van der Waals surface area contributed by atoms with Crippen molar-refractivity contribution < 1.29 is 14.3 Å². The van der Waals surface area contributed by atoms with E-state index in [9.17, 15) is 4.79 Å². The van der Waals surface area contributed by atoms with E-state index < -0.39 is 0 Å². The molecular formula is C25H34N6O3. The molecule has 1 aromatic carbocycles. The van der Waals surface area contributed by atoms with E-state index >= 15 is 0 Å². The number of hydrogen-bond donors (Lipinski definition) is 2. The second kappa shape index (κ2) is 10.2. The van der Waals surface area contributed by atoms with Crippen LogP contribution >= 0.6 is 0 Å². The summed E-state index contributed by atoms with van der Waals surface area (Å²) in [7, 11) is 0. The first-order chi connectivity index (χ1) is 16.6. The van der Waals surface area contributed by atoms with Gasteiger partial charge >= 0.3 is 6.03 Å². The summed E-state index contributed by atoms with van der Waals surface area (Å²) in [5.74, 6) is 1.77. The number of anilines is 2. The third kappa shape index (κ3) is 4.87. The summed E-state index contributed by atoms with van der Waals surface area (Å²) >= 11 is 0. The molecule has 2 N–H and O–H groups in total. The molecule has 5 rings (SSSR count). The highest BCUT2D eigenvalue weighted by Gasteiger charge is 2.32. The SMILES string of the molecule is CCNC(=O)Nc1ccc(-c2nc3c(c(N4CCOC[C@@H]4C)n2)CCN([C@H]2CCOC2)C3)cc1. The molecule has 2 amide bonds. The van der Waals surface area contributed by atoms with Gasteiger partial charge in [-0.1, -0.05) is 0 Å². The van der Waals surface area contributed by atoms with E-state index in [1.54, 1.807) is 0 Å². The number of aromatic nitrogens is 2. The number of nitrogens with one attached hydrogen (secondary N) is 2. The molecular weight excluding hydrogens is 432 g/mol. The Kier molecular flexibility index (Phi) is 6.94. The molecule has 9 heteroatoms. The first-order valence-corrected chi connectivity index (χ1v) is 12.3. The zero-order valence-corrected chi connectivity index (χ0v) is 20.0. The second-order valence-electron chi connectivity index (χ2n) is 9.21. The molecule has 2 saturated heterocycles. The molecule has 2 atom stereocenters. The van der Waals surface area contributed by atoms with Crippen molar-refractivity contribution in [2.45, 2.75) is 45.3 Å². The summed E-state index contributed by atoms with van der Waals surface area (Å²) in [5.41, 5.74) is 4.05. The van der Waals surface area contributed by atoms with Gasteiger partial charge in [-0.15, -0.1) is 0 Å². The fourth-order valence-electron chi connectivity index (χ4n) is 5.00. The molecule has 34 heavy (non-hydrogen) atoms. The van der Waals surface area contributed by atoms with Crippen LogP contribution in [-0.2, 0) is 22.4 Å². The monoisotopic (exact) mass is 466 g/mol. The molecule has 0 spiro atoms. The average molecular weight is 467 g/mol. The van der Waals surface area contributed by atoms with Gasteiger partial charge in [0.2, 0.25) is 0 Å². The topological polar surface area (TPSA) is 91.9 Å². The molecule has 182 valence electrons. The largest absolute Gasteiger partial charge is 0.380 e. The Morgan fingerprint density at radius 3 is 2.68 bits per heavy atom. The number of nitrogens with zero attached hydrogens (tertiary/aromatic N) is 4. The van der Waals surface area contributed by atoms with Gasteiger partial charge in [-0.25, -0.2) is 14.8 Å². The van der Waals surface area contributed by atoms with Crippen molar-refractivity contribution in [2.24, 2.45) is 0 Å². The summed E-state index contributed by atoms with van der Waals surface area (Å²) in [6.45, 7) is 10.4. The van der Waals surface area contributed by atoms with Crippen LogP contribution in [0.2, 0.25) is 0 Å². The lowest BCUT2D eigenvalue weighted by Crippen LogP contribution is -2.46. The maximum atomic E-state index is 11.8. The Labute approximate surface area is 200 Å². The van der Waals surface area contributed by atoms with Gasteiger partial charge in [0.25, 0.3) is 0 Å². The maximum Gasteiger partial charge on any atom is 0.319 e. The van der Waals surface area contributed by atoms with E-state index in [4.69, 9.17) is 19.4 Å². The zero-order valence-electron chi connectivity index (χ0n) is 20.0. The summed E-state index contributed by atoms with van der Waals surface area (Å²) in [6.07, 6.45) is 2.03. The predicted octanol–water partition coefficient (Wildman–Crippen LogP) is 2.66. The third-order valence-electron chi connectivity index (χ3n) is 6.87. The standard InChI is InChI=1S/C25H34N6O3/c1-3-26-25(32)27-19-6-4-18(5-7-19)23-28-22-14-30(20-9-12-33-16-20)10-8-21(22)24(29-23)31-11-13-34-15-17(31)2/h4-7,17,20H,3,8-16H2,1-2H3,(H2,26,27,32)/t17-,20-/m0/s1. The van der Waals surface area contributed by atoms with E-state index in [2.05, 4.69) is 27.4 Å². The molecule has 0 unspecified atom stereocenters. The highest BCUT2D eigenvalue weighted by atomic mass is 16.5. The lowest BCUT2D eigenvalue weighted by molar-refractivity contribution is 0.0981. The van der Waals surface area contributed by atoms with Crippen LogP contribution in [0.3, 0.4) is 0 Å². The van der Waals surface area contributed by atoms with Crippen LogP contribution in [0.4, 0.5) is 16.3 Å². The van der Waals surface area contributed by atoms with E-state index in [0.29, 0.717) is 25.8 Å². The lowest BCUT2D eigenvalue weighted by Gasteiger charge is -2.38. The fraction of sp³-hybridized carbons (Fsp3) is 0.560. The Morgan fingerprint density at radius 1 is 1.12 bits per heavy atom. The van der Waals surface area contributed by atoms with Crippen LogP contribution in [0.25, 0.3) is 11.4 Å². The summed E-state index contributed by atoms with van der Waals surface area (Å²) in [4.78, 5) is 26.9. The van der Waals surface area contributed by atoms with Crippen molar-refractivity contribution in [3.8, 4) is 11.4 Å². The van der Waals surface area contributed by atoms with Crippen molar-refractivity contribution in [1.29, 1.82) is 0 Å². The number of benzene rings is 1. The Balaban J connectivity index is 1.46. The molecule has 3 aliphatic heterocycles. The van der Waals surface area contributed by atoms with Crippen molar-refractivity contribution >= 4 is 17.5 Å². The van der Waals surface area contributed by atoms with E-state index in [1.807, 2.05) is 31.2 Å². The first-order valence-electron chi connectivity index (χ1n) is 12.3. The number of rotatable bonds is 5. The molecule has 0 saturated carbocycles. The van der Waals surface area contributed by atoms with E-state index in [1.165, 1.54) is 5.56 Å². The number of carbonyl (C=O) groups is 1. The van der Waals surface area contributed by atoms with Gasteiger partial charge in [-0.3, -0.25) is 4.90 Å². The minimum atomic E-state index is -0.208. The molecule has 2 fully saturated rings. The van der Waals surface area contributed by atoms with Crippen molar-refractivity contribution in [3.63, 3.8) is 0 Å². The highest BCUT2D eigenvalue weighted by molar-refractivity contribution is 5.89. The zero-order chi connectivity index (χ0) is 23.5. The van der Waals surface area contributed by atoms with Crippen LogP contribution < -0.4 is 15.5 Å². The molecule has 0 aliphatic carbocycles. The molecule has 2 aromatic rings. The van der Waals surface area contributed by atoms with Crippen molar-refractivity contribution in [3.05, 3.63) is 35.5 Å². The van der Waals surface area contributed by atoms with Gasteiger partial charge in [-0.2, -0.15) is 0 Å². The number of morpholine rings is 1. The smallest absolute Gasteiger partial charge is 0.319 e. The fourth-order valence-corrected chi connectivity index (χ4v) is 5.00. The van der Waals surface area contributed by atoms with Gasteiger partial charge in [0.05, 0.1) is 31.6 Å². The quantitative estimate of drug-likeness (QED) is 0.700. The summed E-state index contributed by atoms with van der Waals surface area (Å²) < 4.78 is 11.3. The highest BCUT2D eigenvalue weighted by Crippen LogP contribution is 2.33. The molecule has 1 aromatic heterocycles. The van der Waals surface area contributed by atoms with E-state index in [0.717, 1.165) is 74.3 Å². The number of ether oxygens (including phenoxy) is 2. The second-order valence-corrected chi connectivity index (χ2v) is 9.21. The normalized spacial score (nSPS) is 22.9. The Morgan fingerprint density at radius 2 is 1.94 bits per heavy atom. The minimum absolute atomic E-state index is 0.208. The molecule has 3 aliphatic rings. The van der Waals surface area contributed by atoms with Gasteiger partial charge in [0.15, 0.2) is 5.82 Å². The maximum absolute atomic E-state index is 11.8. The lowest BCUT2D eigenvalue weighted by atomic mass is 10.0. The van der Waals surface area contributed by atoms with Crippen LogP contribution in [-0.4, -0.2) is 79.0 Å². The molecule has 0 bridgehead atoms. The van der Waals surface area contributed by atoms with Gasteiger partial charge in [0.1, 0.15) is 5.82 Å². The predicted molar refractivity (Wildman–Crippen MR) is 131 cm³/mol.